The van der Waals surface area contributed by atoms with Crippen LogP contribution < -0.4 is 50.5 Å². The van der Waals surface area contributed by atoms with Crippen molar-refractivity contribution >= 4 is 97.0 Å². The molecular formula is C64H87N17O21S4. The third-order valence-electron chi connectivity index (χ3n) is 10.8. The molecule has 7 amide bonds. The summed E-state index contributed by atoms with van der Waals surface area (Å²) in [5.41, 5.74) is 5.28. The van der Waals surface area contributed by atoms with Gasteiger partial charge in [-0.3, -0.25) is 63.9 Å². The van der Waals surface area contributed by atoms with Crippen molar-refractivity contribution in [3.05, 3.63) is 164 Å². The van der Waals surface area contributed by atoms with Crippen LogP contribution in [0.1, 0.15) is 94.9 Å². The maximum atomic E-state index is 12.3. The molecule has 4 unspecified atom stereocenters. The number of nitrogens with two attached hydrogens (primary N) is 1. The topological polar surface area (TPSA) is 570 Å². The second-order valence-electron chi connectivity index (χ2n) is 18.7. The molecule has 2 aromatic carbocycles. The number of nitriles is 5. The van der Waals surface area contributed by atoms with Crippen LogP contribution in [0.3, 0.4) is 0 Å². The zero-order valence-corrected chi connectivity index (χ0v) is 61.7. The average molecular weight is 1560 g/mol. The SMILES string of the molecule is C.CCN.CCN/C=C/C#N.CCN/C=C\C#N.CCNC(=O)CC(/C=C\C#N)[N+](=O)[O-].CCNC(=O)CC[N+](=O)[O-].CCSC1CC(=O)N(c2cccc(OS(=O)(=O)O/C=C/C#N)c2)C1=O.CCSC1CC(=O)N(c2cccc(OS(=O)(=O)O/C=C/C#N)c2)C1=O.[C-]#[N+]/C=C/C(CC(=O)NCC)[N+](=O)[O-]. The van der Waals surface area contributed by atoms with Gasteiger partial charge in [0.2, 0.25) is 60.0 Å². The van der Waals surface area contributed by atoms with Crippen molar-refractivity contribution in [3.8, 4) is 41.8 Å². The van der Waals surface area contributed by atoms with E-state index in [1.54, 1.807) is 51.4 Å². The van der Waals surface area contributed by atoms with Crippen LogP contribution in [0.15, 0.2) is 122 Å². The molecule has 0 radical (unpaired) electrons. The minimum Gasteiger partial charge on any atom is -0.391 e. The van der Waals surface area contributed by atoms with Crippen LogP contribution in [0.25, 0.3) is 4.85 Å². The van der Waals surface area contributed by atoms with E-state index in [0.717, 1.165) is 66.0 Å². The third-order valence-corrected chi connectivity index (χ3v) is 14.5. The van der Waals surface area contributed by atoms with Crippen LogP contribution in [0, 0.1) is 93.6 Å². The van der Waals surface area contributed by atoms with E-state index < -0.39 is 64.1 Å². The summed E-state index contributed by atoms with van der Waals surface area (Å²) in [4.78, 5) is 115. The average Bonchev–Trinajstić information content (AvgIpc) is 1.65. The molecule has 38 nitrogen and oxygen atoms in total. The van der Waals surface area contributed by atoms with Gasteiger partial charge in [0, 0.05) is 103 Å². The Morgan fingerprint density at radius 2 is 0.972 bits per heavy atom. The lowest BCUT2D eigenvalue weighted by molar-refractivity contribution is -0.508. The number of benzene rings is 2. The first-order valence-corrected chi connectivity index (χ1v) is 35.7. The molecule has 4 rings (SSSR count). The van der Waals surface area contributed by atoms with Gasteiger partial charge < -0.3 is 49.0 Å². The number of allylic oxidation sites excluding steroid dienone is 5. The first kappa shape index (κ1) is 103. The Bertz CT molecular complexity index is 3570. The predicted molar refractivity (Wildman–Crippen MR) is 394 cm³/mol. The summed E-state index contributed by atoms with van der Waals surface area (Å²) in [7, 11) is -8.85. The molecule has 106 heavy (non-hydrogen) atoms. The van der Waals surface area contributed by atoms with Gasteiger partial charge in [0.05, 0.1) is 90.2 Å². The van der Waals surface area contributed by atoms with Gasteiger partial charge in [0.15, 0.2) is 6.20 Å². The summed E-state index contributed by atoms with van der Waals surface area (Å²) >= 11 is 2.76. The Kier molecular flexibility index (Phi) is 62.0. The summed E-state index contributed by atoms with van der Waals surface area (Å²) in [5.74, 6) is -1.30. The molecule has 2 saturated heterocycles. The minimum atomic E-state index is -4.42. The van der Waals surface area contributed by atoms with E-state index in [9.17, 15) is 80.7 Å². The number of carbonyl (C=O) groups excluding carboxylic acids is 7. The van der Waals surface area contributed by atoms with E-state index in [-0.39, 0.29) is 104 Å². The van der Waals surface area contributed by atoms with Crippen molar-refractivity contribution in [3.63, 3.8) is 0 Å². The van der Waals surface area contributed by atoms with Gasteiger partial charge in [0.1, 0.15) is 24.0 Å². The van der Waals surface area contributed by atoms with Crippen LogP contribution in [0.2, 0.25) is 0 Å². The number of hydrogen-bond donors (Lipinski definition) is 6. The maximum Gasteiger partial charge on any atom is 0.500 e. The Morgan fingerprint density at radius 1 is 0.613 bits per heavy atom. The summed E-state index contributed by atoms with van der Waals surface area (Å²) in [5, 5.41) is 83.3. The molecule has 0 bridgehead atoms. The Balaban J connectivity index is -0.000000390. The summed E-state index contributed by atoms with van der Waals surface area (Å²) in [6.07, 6.45) is 13.0. The lowest BCUT2D eigenvalue weighted by Gasteiger charge is -2.15. The van der Waals surface area contributed by atoms with Gasteiger partial charge in [-0.1, -0.05) is 40.3 Å². The number of rotatable bonds is 32. The Hall–Kier alpha value is -11.9. The number of thioether (sulfide) groups is 2. The number of nitrogens with zero attached hydrogens (tertiary/aromatic N) is 11. The van der Waals surface area contributed by atoms with E-state index >= 15 is 0 Å². The molecule has 0 spiro atoms. The smallest absolute Gasteiger partial charge is 0.391 e. The number of anilines is 2. The third kappa shape index (κ3) is 51.2. The van der Waals surface area contributed by atoms with Crippen molar-refractivity contribution in [1.82, 2.24) is 26.6 Å². The van der Waals surface area contributed by atoms with Crippen molar-refractivity contribution in [2.24, 2.45) is 5.73 Å². The highest BCUT2D eigenvalue weighted by atomic mass is 32.3. The van der Waals surface area contributed by atoms with Gasteiger partial charge in [-0.2, -0.15) is 26.3 Å². The molecule has 42 heteroatoms. The molecule has 0 saturated carbocycles. The fraction of sp³-hybridized carbons (Fsp3) is 0.422. The van der Waals surface area contributed by atoms with Crippen LogP contribution in [0.4, 0.5) is 11.4 Å². The number of carbonyl (C=O) groups is 7. The van der Waals surface area contributed by atoms with E-state index in [4.69, 9.17) is 47.0 Å². The molecule has 2 aromatic rings. The standard InChI is InChI=1S/2C15H14N2O6S2.2C8H11N3O3.C5H10N2O3.2C5H8N2.C2H7N.CH4/c2*1-2-24-13-10-14(18)17(15(13)19)11-5-3-6-12(9-11)23-25(20,21)22-8-4-7-16;1-3-10-8(12)6-7(11(13)14)4-5-9-2;1-2-10-8(12)6-7(11(13)14)4-3-5-9;1-2-6-5(8)3-4-7(9)10;2*1-2-7-5-3-4-6;1-2-3;/h2*3-6,8-9,13H,2,10H2,1H3;4-5,7H,3,6H2,1H3,(H,10,12);3-4,7H,2,6H2,1H3,(H,10,12);2-4H2,1H3,(H,6,8);2*3,5,7H,2H2,1H3;2-3H2,1H3;1H4/b2*8-4+;5-4+;4-3-;;5-3+;5-3-;;. The number of hydrogen-bond acceptors (Lipinski definition) is 31. The largest absolute Gasteiger partial charge is 0.500 e. The highest BCUT2D eigenvalue weighted by Crippen LogP contribution is 2.33. The highest BCUT2D eigenvalue weighted by molar-refractivity contribution is 8.00. The van der Waals surface area contributed by atoms with Crippen LogP contribution in [-0.2, 0) is 62.7 Å². The first-order valence-electron chi connectivity index (χ1n) is 31.0. The Labute approximate surface area is 624 Å². The Morgan fingerprint density at radius 3 is 1.28 bits per heavy atom. The summed E-state index contributed by atoms with van der Waals surface area (Å²) in [6.45, 7) is 24.9. The fourth-order valence-corrected chi connectivity index (χ4v) is 9.80. The number of amides is 7. The second-order valence-corrected chi connectivity index (χ2v) is 24.0. The van der Waals surface area contributed by atoms with Gasteiger partial charge in [-0.15, -0.1) is 40.4 Å². The van der Waals surface area contributed by atoms with Crippen molar-refractivity contribution in [1.29, 1.82) is 26.3 Å². The van der Waals surface area contributed by atoms with E-state index in [1.807, 2.05) is 46.8 Å². The van der Waals surface area contributed by atoms with Gasteiger partial charge in [-0.05, 0) is 89.1 Å². The van der Waals surface area contributed by atoms with Crippen LogP contribution in [-0.4, -0.2) is 153 Å². The molecule has 2 aliphatic heterocycles. The monoisotopic (exact) mass is 1560 g/mol. The number of imide groups is 2. The molecule has 7 N–H and O–H groups in total. The predicted octanol–water partition coefficient (Wildman–Crippen LogP) is 5.98. The molecule has 0 aliphatic carbocycles. The molecule has 578 valence electrons. The van der Waals surface area contributed by atoms with Gasteiger partial charge in [0.25, 0.3) is 0 Å². The van der Waals surface area contributed by atoms with E-state index in [1.165, 1.54) is 84.2 Å². The summed E-state index contributed by atoms with van der Waals surface area (Å²) in [6, 6.07) is 17.3. The van der Waals surface area contributed by atoms with Crippen molar-refractivity contribution in [2.75, 3.05) is 67.1 Å². The van der Waals surface area contributed by atoms with Gasteiger partial charge >= 0.3 is 20.8 Å². The van der Waals surface area contributed by atoms with Crippen LogP contribution in [0.5, 0.6) is 11.5 Å². The van der Waals surface area contributed by atoms with E-state index in [2.05, 4.69) is 39.8 Å². The molecule has 2 aliphatic rings. The lowest BCUT2D eigenvalue weighted by Crippen LogP contribution is -2.31. The molecular weight excluding hydrogens is 1470 g/mol. The number of nitrogens with one attached hydrogen (secondary N) is 5. The normalized spacial score (nSPS) is 13.7. The lowest BCUT2D eigenvalue weighted by atomic mass is 10.2. The zero-order chi connectivity index (χ0) is 80.6. The van der Waals surface area contributed by atoms with Crippen molar-refractivity contribution < 1.29 is 81.9 Å². The van der Waals surface area contributed by atoms with Gasteiger partial charge in [-0.25, -0.2) is 14.6 Å². The molecule has 4 atom stereocenters. The number of nitro groups is 3. The maximum absolute atomic E-state index is 12.3. The molecule has 0 aromatic heterocycles. The quantitative estimate of drug-likeness (QED) is 0.0122. The molecule has 2 heterocycles. The fourth-order valence-electron chi connectivity index (χ4n) is 6.84. The molecule has 2 fully saturated rings. The second kappa shape index (κ2) is 64.0. The highest BCUT2D eigenvalue weighted by Gasteiger charge is 2.41. The minimum absolute atomic E-state index is 0. The first-order chi connectivity index (χ1) is 49.9. The van der Waals surface area contributed by atoms with E-state index in [0.29, 0.717) is 43.7 Å². The van der Waals surface area contributed by atoms with Crippen LogP contribution >= 0.6 is 23.5 Å². The van der Waals surface area contributed by atoms with Crippen molar-refractivity contribution in [2.45, 2.75) is 118 Å². The zero-order valence-electron chi connectivity index (χ0n) is 58.5. The summed E-state index contributed by atoms with van der Waals surface area (Å²) < 4.78 is 64.6.